The maximum atomic E-state index is 12.8. The molecule has 4 aromatic rings. The van der Waals surface area contributed by atoms with Crippen molar-refractivity contribution >= 4 is 17.4 Å². The number of methoxy groups -OCH3 is 2. The summed E-state index contributed by atoms with van der Waals surface area (Å²) in [5.74, 6) is 2.30. The fraction of sp³-hybridized carbons (Fsp3) is 0.214. The van der Waals surface area contributed by atoms with E-state index in [0.717, 1.165) is 22.6 Å². The Balaban J connectivity index is 1.42. The van der Waals surface area contributed by atoms with Gasteiger partial charge in [0.2, 0.25) is 0 Å². The molecule has 0 bridgehead atoms. The summed E-state index contributed by atoms with van der Waals surface area (Å²) >= 11 is 0. The predicted molar refractivity (Wildman–Crippen MR) is 146 cm³/mol. The van der Waals surface area contributed by atoms with Crippen molar-refractivity contribution in [3.05, 3.63) is 90.1 Å². The Kier molecular flexibility index (Phi) is 9.32. The molecule has 0 saturated heterocycles. The first-order chi connectivity index (χ1) is 19.1. The third-order valence-electron chi connectivity index (χ3n) is 5.64. The lowest BCUT2D eigenvalue weighted by atomic mass is 10.2. The second-order valence-corrected chi connectivity index (χ2v) is 8.29. The van der Waals surface area contributed by atoms with Gasteiger partial charge in [-0.3, -0.25) is 4.79 Å². The van der Waals surface area contributed by atoms with E-state index in [1.165, 1.54) is 12.5 Å². The number of carbonyl (C=O) groups excluding carboxylic acids is 1. The summed E-state index contributed by atoms with van der Waals surface area (Å²) in [4.78, 5) is 24.9. The zero-order chi connectivity index (χ0) is 27.5. The SMILES string of the molecule is COc1ccc(COc2cnc(C(=O)NCCNc3cncnc3N)cc2OCc2ccc(OC)cc2)cc1. The fourth-order valence-electron chi connectivity index (χ4n) is 3.47. The highest BCUT2D eigenvalue weighted by Crippen LogP contribution is 2.29. The van der Waals surface area contributed by atoms with Gasteiger partial charge in [-0.2, -0.15) is 0 Å². The van der Waals surface area contributed by atoms with Gasteiger partial charge in [0.1, 0.15) is 42.6 Å². The Morgan fingerprint density at radius 1 is 0.821 bits per heavy atom. The molecule has 2 aromatic carbocycles. The Morgan fingerprint density at radius 3 is 2.03 bits per heavy atom. The Labute approximate surface area is 226 Å². The van der Waals surface area contributed by atoms with Crippen molar-refractivity contribution in [2.45, 2.75) is 13.2 Å². The molecule has 0 aliphatic carbocycles. The maximum absolute atomic E-state index is 12.8. The Bertz CT molecular complexity index is 1370. The highest BCUT2D eigenvalue weighted by Gasteiger charge is 2.14. The number of nitrogens with one attached hydrogen (secondary N) is 2. The number of nitrogen functional groups attached to an aromatic ring is 1. The van der Waals surface area contributed by atoms with Crippen molar-refractivity contribution in [1.29, 1.82) is 0 Å². The van der Waals surface area contributed by atoms with Crippen LogP contribution in [0.2, 0.25) is 0 Å². The molecule has 39 heavy (non-hydrogen) atoms. The zero-order valence-corrected chi connectivity index (χ0v) is 21.7. The van der Waals surface area contributed by atoms with Crippen LogP contribution in [0.1, 0.15) is 21.6 Å². The highest BCUT2D eigenvalue weighted by molar-refractivity contribution is 5.92. The topological polar surface area (TPSA) is 143 Å². The van der Waals surface area contributed by atoms with E-state index >= 15 is 0 Å². The molecule has 0 saturated carbocycles. The van der Waals surface area contributed by atoms with Gasteiger partial charge >= 0.3 is 0 Å². The first-order valence-electron chi connectivity index (χ1n) is 12.1. The lowest BCUT2D eigenvalue weighted by Gasteiger charge is -2.14. The molecule has 0 spiro atoms. The first kappa shape index (κ1) is 27.0. The first-order valence-corrected chi connectivity index (χ1v) is 12.1. The molecule has 4 N–H and O–H groups in total. The number of carbonyl (C=O) groups is 1. The summed E-state index contributed by atoms with van der Waals surface area (Å²) in [5.41, 5.74) is 8.45. The molecular formula is C28H30N6O5. The molecule has 1 amide bonds. The number of nitrogens with zero attached hydrogens (tertiary/aromatic N) is 3. The van der Waals surface area contributed by atoms with Crippen LogP contribution in [0.5, 0.6) is 23.0 Å². The maximum Gasteiger partial charge on any atom is 0.270 e. The molecule has 0 radical (unpaired) electrons. The molecule has 202 valence electrons. The standard InChI is InChI=1S/C28H30N6O5/c1-36-21-7-3-19(4-8-21)16-38-25-13-23(28(35)32-12-11-31-24-14-30-18-34-27(24)29)33-15-26(25)39-17-20-5-9-22(37-2)10-6-20/h3-10,13-15,18,31H,11-12,16-17H2,1-2H3,(H,32,35)(H2,29,30,34). The Morgan fingerprint density at radius 2 is 1.44 bits per heavy atom. The lowest BCUT2D eigenvalue weighted by molar-refractivity contribution is 0.0949. The van der Waals surface area contributed by atoms with E-state index in [4.69, 9.17) is 24.7 Å². The fourth-order valence-corrected chi connectivity index (χ4v) is 3.47. The van der Waals surface area contributed by atoms with E-state index in [2.05, 4.69) is 25.6 Å². The van der Waals surface area contributed by atoms with Crippen molar-refractivity contribution in [3.8, 4) is 23.0 Å². The molecule has 0 fully saturated rings. The van der Waals surface area contributed by atoms with E-state index in [1.54, 1.807) is 26.5 Å². The van der Waals surface area contributed by atoms with Crippen LogP contribution < -0.4 is 35.3 Å². The summed E-state index contributed by atoms with van der Waals surface area (Å²) in [6.07, 6.45) is 4.43. The molecule has 0 unspecified atom stereocenters. The van der Waals surface area contributed by atoms with Gasteiger partial charge in [-0.05, 0) is 35.4 Å². The normalized spacial score (nSPS) is 10.4. The summed E-state index contributed by atoms with van der Waals surface area (Å²) in [6, 6.07) is 16.6. The van der Waals surface area contributed by atoms with Gasteiger partial charge in [0, 0.05) is 19.2 Å². The van der Waals surface area contributed by atoms with Crippen LogP contribution in [0.4, 0.5) is 11.5 Å². The minimum atomic E-state index is -0.356. The number of pyridine rings is 1. The van der Waals surface area contributed by atoms with Crippen molar-refractivity contribution in [1.82, 2.24) is 20.3 Å². The van der Waals surface area contributed by atoms with Gasteiger partial charge in [-0.1, -0.05) is 24.3 Å². The van der Waals surface area contributed by atoms with Crippen molar-refractivity contribution in [3.63, 3.8) is 0 Å². The van der Waals surface area contributed by atoms with Gasteiger partial charge in [-0.15, -0.1) is 0 Å². The number of amides is 1. The summed E-state index contributed by atoms with van der Waals surface area (Å²) in [5, 5.41) is 5.90. The number of aromatic nitrogens is 3. The summed E-state index contributed by atoms with van der Waals surface area (Å²) < 4.78 is 22.5. The van der Waals surface area contributed by atoms with Gasteiger partial charge < -0.3 is 35.3 Å². The van der Waals surface area contributed by atoms with Crippen LogP contribution in [0.15, 0.2) is 73.3 Å². The van der Waals surface area contributed by atoms with Gasteiger partial charge in [0.05, 0.1) is 32.3 Å². The van der Waals surface area contributed by atoms with Crippen LogP contribution in [-0.2, 0) is 13.2 Å². The molecule has 0 aliphatic rings. The van der Waals surface area contributed by atoms with Crippen LogP contribution >= 0.6 is 0 Å². The quantitative estimate of drug-likeness (QED) is 0.220. The number of ether oxygens (including phenoxy) is 4. The molecule has 0 atom stereocenters. The molecule has 0 aliphatic heterocycles. The number of nitrogens with two attached hydrogens (primary N) is 1. The summed E-state index contributed by atoms with van der Waals surface area (Å²) in [7, 11) is 3.23. The monoisotopic (exact) mass is 530 g/mol. The zero-order valence-electron chi connectivity index (χ0n) is 21.7. The molecular weight excluding hydrogens is 500 g/mol. The van der Waals surface area contributed by atoms with Crippen LogP contribution in [0.3, 0.4) is 0 Å². The minimum absolute atomic E-state index is 0.194. The van der Waals surface area contributed by atoms with Crippen LogP contribution in [-0.4, -0.2) is 48.2 Å². The minimum Gasteiger partial charge on any atom is -0.497 e. The van der Waals surface area contributed by atoms with E-state index in [0.29, 0.717) is 36.1 Å². The lowest BCUT2D eigenvalue weighted by Crippen LogP contribution is -2.29. The van der Waals surface area contributed by atoms with E-state index in [1.807, 2.05) is 48.5 Å². The third kappa shape index (κ3) is 7.71. The average Bonchev–Trinajstić information content (AvgIpc) is 2.98. The van der Waals surface area contributed by atoms with E-state index < -0.39 is 0 Å². The highest BCUT2D eigenvalue weighted by atomic mass is 16.5. The van der Waals surface area contributed by atoms with Crippen molar-refractivity contribution in [2.24, 2.45) is 0 Å². The number of rotatable bonds is 13. The van der Waals surface area contributed by atoms with Crippen LogP contribution in [0, 0.1) is 0 Å². The number of anilines is 2. The molecule has 2 aromatic heterocycles. The Hall–Kier alpha value is -5.06. The second-order valence-electron chi connectivity index (χ2n) is 8.29. The number of benzene rings is 2. The second kappa shape index (κ2) is 13.5. The average molecular weight is 531 g/mol. The van der Waals surface area contributed by atoms with Gasteiger partial charge in [0.15, 0.2) is 11.5 Å². The third-order valence-corrected chi connectivity index (χ3v) is 5.64. The molecule has 4 rings (SSSR count). The predicted octanol–water partition coefficient (Wildman–Crippen LogP) is 3.47. The van der Waals surface area contributed by atoms with E-state index in [9.17, 15) is 4.79 Å². The van der Waals surface area contributed by atoms with Crippen molar-refractivity contribution < 1.29 is 23.7 Å². The molecule has 11 nitrogen and oxygen atoms in total. The largest absolute Gasteiger partial charge is 0.497 e. The smallest absolute Gasteiger partial charge is 0.270 e. The molecule has 11 heteroatoms. The number of hydrogen-bond donors (Lipinski definition) is 3. The van der Waals surface area contributed by atoms with E-state index in [-0.39, 0.29) is 24.8 Å². The van der Waals surface area contributed by atoms with Gasteiger partial charge in [-0.25, -0.2) is 15.0 Å². The number of hydrogen-bond acceptors (Lipinski definition) is 10. The van der Waals surface area contributed by atoms with Crippen molar-refractivity contribution in [2.75, 3.05) is 38.4 Å². The van der Waals surface area contributed by atoms with Crippen LogP contribution in [0.25, 0.3) is 0 Å². The van der Waals surface area contributed by atoms with Gasteiger partial charge in [0.25, 0.3) is 5.91 Å². The summed E-state index contributed by atoms with van der Waals surface area (Å²) in [6.45, 7) is 1.30. The molecule has 2 heterocycles.